The van der Waals surface area contributed by atoms with Gasteiger partial charge in [0.15, 0.2) is 0 Å². The van der Waals surface area contributed by atoms with Crippen LogP contribution in [0.25, 0.3) is 11.1 Å². The topological polar surface area (TPSA) is 42.1 Å². The monoisotopic (exact) mass is 235 g/mol. The van der Waals surface area contributed by atoms with Crippen molar-refractivity contribution in [2.24, 2.45) is 0 Å². The summed E-state index contributed by atoms with van der Waals surface area (Å²) in [7, 11) is 1.36. The summed E-state index contributed by atoms with van der Waals surface area (Å²) in [4.78, 5) is 14.3. The predicted octanol–water partition coefficient (Wildman–Crippen LogP) is 3.12. The Morgan fingerprint density at radius 3 is 2.56 bits per heavy atom. The van der Waals surface area contributed by atoms with E-state index in [0.29, 0.717) is 10.7 Å². The van der Waals surface area contributed by atoms with Gasteiger partial charge in [0.25, 0.3) is 0 Å². The molecule has 1 aromatic heterocycles. The lowest BCUT2D eigenvalue weighted by molar-refractivity contribution is 0.0596. The molecule has 0 spiro atoms. The Morgan fingerprint density at radius 2 is 1.94 bits per heavy atom. The van der Waals surface area contributed by atoms with Crippen molar-refractivity contribution in [3.05, 3.63) is 47.2 Å². The predicted molar refractivity (Wildman–Crippen MR) is 62.6 cm³/mol. The maximum atomic E-state index is 11.5. The summed E-state index contributed by atoms with van der Waals surface area (Å²) >= 11 is 5.80. The largest absolute Gasteiger partial charge is 0.464 e. The third-order valence-corrected chi connectivity index (χ3v) is 2.54. The number of rotatable bonds is 2. The van der Waals surface area contributed by atoms with Crippen molar-refractivity contribution in [1.82, 2.24) is 4.98 Å². The minimum absolute atomic E-state index is 0.380. The van der Waals surface area contributed by atoms with Crippen molar-refractivity contribution in [2.45, 2.75) is 0 Å². The van der Waals surface area contributed by atoms with Crippen LogP contribution in [0.1, 0.15) is 10.5 Å². The van der Waals surface area contributed by atoms with Crippen LogP contribution in [0.5, 0.6) is 0 Å². The van der Waals surface area contributed by atoms with Crippen LogP contribution in [-0.2, 0) is 4.74 Å². The highest BCUT2D eigenvalue weighted by Crippen LogP contribution is 2.24. The Hall–Kier alpha value is -1.74. The number of hydrogen-bond acceptors (Lipinski definition) is 2. The van der Waals surface area contributed by atoms with Crippen LogP contribution in [0.15, 0.2) is 36.5 Å². The molecule has 2 rings (SSSR count). The van der Waals surface area contributed by atoms with E-state index in [1.165, 1.54) is 7.11 Å². The molecule has 0 atom stereocenters. The number of nitrogens with one attached hydrogen (secondary N) is 1. The van der Waals surface area contributed by atoms with Crippen molar-refractivity contribution in [3.8, 4) is 11.1 Å². The highest BCUT2D eigenvalue weighted by molar-refractivity contribution is 6.30. The Labute approximate surface area is 98.0 Å². The number of aromatic amines is 1. The van der Waals surface area contributed by atoms with Gasteiger partial charge in [0, 0.05) is 16.8 Å². The van der Waals surface area contributed by atoms with Crippen molar-refractivity contribution >= 4 is 17.6 Å². The number of carbonyl (C=O) groups excluding carboxylic acids is 1. The van der Waals surface area contributed by atoms with Gasteiger partial charge in [0.1, 0.15) is 5.69 Å². The van der Waals surface area contributed by atoms with Crippen LogP contribution < -0.4 is 0 Å². The molecule has 3 nitrogen and oxygen atoms in total. The lowest BCUT2D eigenvalue weighted by atomic mass is 10.1. The van der Waals surface area contributed by atoms with Crippen LogP contribution in [-0.4, -0.2) is 18.1 Å². The molecule has 82 valence electrons. The zero-order valence-electron chi connectivity index (χ0n) is 8.66. The molecule has 0 saturated heterocycles. The number of H-pyrrole nitrogens is 1. The van der Waals surface area contributed by atoms with E-state index in [2.05, 4.69) is 9.72 Å². The summed E-state index contributed by atoms with van der Waals surface area (Å²) in [6.07, 6.45) is 1.70. The van der Waals surface area contributed by atoms with Crippen molar-refractivity contribution in [2.75, 3.05) is 7.11 Å². The quantitative estimate of drug-likeness (QED) is 0.813. The van der Waals surface area contributed by atoms with Gasteiger partial charge in [-0.3, -0.25) is 0 Å². The smallest absolute Gasteiger partial charge is 0.355 e. The summed E-state index contributed by atoms with van der Waals surface area (Å²) in [6, 6.07) is 9.11. The first kappa shape index (κ1) is 10.8. The van der Waals surface area contributed by atoms with Gasteiger partial charge in [-0.25, -0.2) is 4.79 Å². The number of benzene rings is 1. The normalized spacial score (nSPS) is 10.1. The van der Waals surface area contributed by atoms with Gasteiger partial charge in [-0.2, -0.15) is 0 Å². The van der Waals surface area contributed by atoms with E-state index in [-0.39, 0.29) is 5.97 Å². The maximum absolute atomic E-state index is 11.5. The summed E-state index contributed by atoms with van der Waals surface area (Å²) in [5.41, 5.74) is 2.18. The average Bonchev–Trinajstić information content (AvgIpc) is 2.78. The first-order valence-electron chi connectivity index (χ1n) is 4.74. The number of halogens is 1. The van der Waals surface area contributed by atoms with E-state index in [9.17, 15) is 4.79 Å². The lowest BCUT2D eigenvalue weighted by Gasteiger charge is -2.02. The molecule has 16 heavy (non-hydrogen) atoms. The lowest BCUT2D eigenvalue weighted by Crippen LogP contribution is -2.03. The first-order chi connectivity index (χ1) is 7.72. The molecule has 0 saturated carbocycles. The SMILES string of the molecule is COC(=O)c1[nH]ccc1-c1ccc(Cl)cc1. The van der Waals surface area contributed by atoms with Crippen molar-refractivity contribution in [1.29, 1.82) is 0 Å². The van der Waals surface area contributed by atoms with Gasteiger partial charge in [0.05, 0.1) is 7.11 Å². The summed E-state index contributed by atoms with van der Waals surface area (Å²) in [6.45, 7) is 0. The second-order valence-electron chi connectivity index (χ2n) is 3.26. The van der Waals surface area contributed by atoms with E-state index in [1.807, 2.05) is 18.2 Å². The fraction of sp³-hybridized carbons (Fsp3) is 0.0833. The molecule has 0 amide bonds. The third kappa shape index (κ3) is 1.95. The minimum Gasteiger partial charge on any atom is -0.464 e. The van der Waals surface area contributed by atoms with Crippen LogP contribution in [0.2, 0.25) is 5.02 Å². The van der Waals surface area contributed by atoms with Gasteiger partial charge >= 0.3 is 5.97 Å². The number of carbonyl (C=O) groups is 1. The van der Waals surface area contributed by atoms with E-state index < -0.39 is 0 Å². The standard InChI is InChI=1S/C12H10ClNO2/c1-16-12(15)11-10(6-7-14-11)8-2-4-9(13)5-3-8/h2-7,14H,1H3. The number of hydrogen-bond donors (Lipinski definition) is 1. The second-order valence-corrected chi connectivity index (χ2v) is 3.70. The maximum Gasteiger partial charge on any atom is 0.355 e. The Morgan fingerprint density at radius 1 is 1.25 bits per heavy atom. The minimum atomic E-state index is -0.380. The molecular formula is C12H10ClNO2. The van der Waals surface area contributed by atoms with E-state index in [4.69, 9.17) is 11.6 Å². The average molecular weight is 236 g/mol. The summed E-state index contributed by atoms with van der Waals surface area (Å²) < 4.78 is 4.68. The molecule has 0 aliphatic heterocycles. The van der Waals surface area contributed by atoms with Gasteiger partial charge < -0.3 is 9.72 Å². The van der Waals surface area contributed by atoms with Crippen LogP contribution in [0.3, 0.4) is 0 Å². The van der Waals surface area contributed by atoms with Gasteiger partial charge in [-0.05, 0) is 23.8 Å². The van der Waals surface area contributed by atoms with Crippen molar-refractivity contribution in [3.63, 3.8) is 0 Å². The molecule has 0 fully saturated rings. The van der Waals surface area contributed by atoms with Crippen molar-refractivity contribution < 1.29 is 9.53 Å². The molecule has 2 aromatic rings. The number of aromatic nitrogens is 1. The summed E-state index contributed by atoms with van der Waals surface area (Å²) in [5.74, 6) is -0.380. The molecule has 0 radical (unpaired) electrons. The van der Waals surface area contributed by atoms with E-state index in [1.54, 1.807) is 18.3 Å². The van der Waals surface area contributed by atoms with E-state index in [0.717, 1.165) is 11.1 Å². The number of ether oxygens (including phenoxy) is 1. The molecule has 1 heterocycles. The molecule has 0 aliphatic rings. The first-order valence-corrected chi connectivity index (χ1v) is 5.12. The number of methoxy groups -OCH3 is 1. The molecule has 0 unspecified atom stereocenters. The zero-order chi connectivity index (χ0) is 11.5. The van der Waals surface area contributed by atoms with E-state index >= 15 is 0 Å². The Balaban J connectivity index is 2.44. The molecular weight excluding hydrogens is 226 g/mol. The zero-order valence-corrected chi connectivity index (χ0v) is 9.41. The molecule has 1 N–H and O–H groups in total. The van der Waals surface area contributed by atoms with Gasteiger partial charge in [-0.15, -0.1) is 0 Å². The third-order valence-electron chi connectivity index (χ3n) is 2.29. The fourth-order valence-corrected chi connectivity index (χ4v) is 1.64. The molecule has 4 heteroatoms. The van der Waals surface area contributed by atoms with Crippen LogP contribution >= 0.6 is 11.6 Å². The Bertz CT molecular complexity index is 502. The Kier molecular flexibility index (Phi) is 2.97. The molecule has 1 aromatic carbocycles. The molecule has 0 bridgehead atoms. The molecule has 0 aliphatic carbocycles. The van der Waals surface area contributed by atoms with Crippen LogP contribution in [0, 0.1) is 0 Å². The fourth-order valence-electron chi connectivity index (χ4n) is 1.51. The van der Waals surface area contributed by atoms with Gasteiger partial charge in [0.2, 0.25) is 0 Å². The second kappa shape index (κ2) is 4.41. The highest BCUT2D eigenvalue weighted by Gasteiger charge is 2.13. The van der Waals surface area contributed by atoms with Gasteiger partial charge in [-0.1, -0.05) is 23.7 Å². The van der Waals surface area contributed by atoms with Crippen LogP contribution in [0.4, 0.5) is 0 Å². The summed E-state index contributed by atoms with van der Waals surface area (Å²) in [5, 5.41) is 0.666. The highest BCUT2D eigenvalue weighted by atomic mass is 35.5. The number of esters is 1.